The van der Waals surface area contributed by atoms with Gasteiger partial charge >= 0.3 is 6.18 Å². The summed E-state index contributed by atoms with van der Waals surface area (Å²) in [4.78, 5) is 30.1. The molecule has 8 nitrogen and oxygen atoms in total. The maximum absolute atomic E-state index is 12.6. The highest BCUT2D eigenvalue weighted by molar-refractivity contribution is 6.31. The predicted molar refractivity (Wildman–Crippen MR) is 112 cm³/mol. The molecule has 0 spiro atoms. The van der Waals surface area contributed by atoms with Crippen molar-refractivity contribution in [1.82, 2.24) is 25.3 Å². The predicted octanol–water partition coefficient (Wildman–Crippen LogP) is 3.07. The van der Waals surface area contributed by atoms with E-state index in [-0.39, 0.29) is 13.0 Å². The lowest BCUT2D eigenvalue weighted by molar-refractivity contribution is -0.139. The molecular weight excluding hydrogens is 449 g/mol. The molecule has 170 valence electrons. The molecule has 1 aliphatic rings. The van der Waals surface area contributed by atoms with E-state index in [0.29, 0.717) is 39.7 Å². The van der Waals surface area contributed by atoms with Crippen LogP contribution in [0.4, 0.5) is 19.0 Å². The summed E-state index contributed by atoms with van der Waals surface area (Å²) in [6.45, 7) is 0.354. The van der Waals surface area contributed by atoms with E-state index in [0.717, 1.165) is 0 Å². The average molecular weight is 469 g/mol. The van der Waals surface area contributed by atoms with E-state index >= 15 is 0 Å². The second-order valence-electron chi connectivity index (χ2n) is 7.75. The first-order chi connectivity index (χ1) is 15.1. The van der Waals surface area contributed by atoms with Crippen molar-refractivity contribution < 1.29 is 23.1 Å². The fourth-order valence-electron chi connectivity index (χ4n) is 3.80. The van der Waals surface area contributed by atoms with Crippen molar-refractivity contribution >= 4 is 34.4 Å². The van der Waals surface area contributed by atoms with Gasteiger partial charge in [-0.15, -0.1) is 0 Å². The number of nitrogens with zero attached hydrogens (tertiary/aromatic N) is 4. The van der Waals surface area contributed by atoms with Crippen LogP contribution in [-0.2, 0) is 4.79 Å². The number of aromatic amines is 1. The van der Waals surface area contributed by atoms with Crippen molar-refractivity contribution in [2.75, 3.05) is 18.0 Å². The molecule has 0 aromatic carbocycles. The third-order valence-electron chi connectivity index (χ3n) is 5.51. The zero-order chi connectivity index (χ0) is 23.1. The number of β-amino-alcohol motifs (C(OH)–C–C–N with tert-alkyl or cyclic N) is 1. The molecule has 1 amide bonds. The Balaban J connectivity index is 1.67. The van der Waals surface area contributed by atoms with Gasteiger partial charge in [0.05, 0.1) is 10.6 Å². The van der Waals surface area contributed by atoms with Crippen LogP contribution in [0.3, 0.4) is 0 Å². The Bertz CT molecular complexity index is 1150. The van der Waals surface area contributed by atoms with Crippen molar-refractivity contribution in [2.24, 2.45) is 0 Å². The van der Waals surface area contributed by atoms with E-state index in [2.05, 4.69) is 19.9 Å². The minimum Gasteiger partial charge on any atom is -0.388 e. The van der Waals surface area contributed by atoms with Crippen LogP contribution in [-0.4, -0.2) is 61.9 Å². The number of alkyl halides is 3. The first-order valence-corrected chi connectivity index (χ1v) is 10.3. The Kier molecular flexibility index (Phi) is 5.72. The number of aromatic nitrogens is 4. The number of fused-ring (bicyclic) bond motifs is 1. The van der Waals surface area contributed by atoms with Gasteiger partial charge in [-0.2, -0.15) is 13.2 Å². The number of hydrogen-bond donors (Lipinski definition) is 3. The monoisotopic (exact) mass is 468 g/mol. The molecule has 0 radical (unpaired) electrons. The molecule has 32 heavy (non-hydrogen) atoms. The van der Waals surface area contributed by atoms with Gasteiger partial charge in [-0.1, -0.05) is 18.5 Å². The number of rotatable bonds is 5. The van der Waals surface area contributed by atoms with Crippen LogP contribution >= 0.6 is 11.6 Å². The lowest BCUT2D eigenvalue weighted by Gasteiger charge is -2.25. The summed E-state index contributed by atoms with van der Waals surface area (Å²) in [6.07, 6.45) is 0.444. The minimum atomic E-state index is -4.53. The molecule has 3 aromatic rings. The minimum absolute atomic E-state index is 0.0147. The number of pyridine rings is 1. The highest BCUT2D eigenvalue weighted by Gasteiger charge is 2.46. The van der Waals surface area contributed by atoms with Gasteiger partial charge < -0.3 is 20.3 Å². The van der Waals surface area contributed by atoms with Gasteiger partial charge in [0, 0.05) is 42.5 Å². The smallest absolute Gasteiger partial charge is 0.388 e. The van der Waals surface area contributed by atoms with Crippen LogP contribution in [0.2, 0.25) is 5.02 Å². The van der Waals surface area contributed by atoms with Crippen LogP contribution in [0.15, 0.2) is 30.7 Å². The lowest BCUT2D eigenvalue weighted by Crippen LogP contribution is -2.46. The molecule has 0 bridgehead atoms. The Labute approximate surface area is 185 Å². The third kappa shape index (κ3) is 4.49. The number of aliphatic hydroxyl groups is 1. The van der Waals surface area contributed by atoms with E-state index in [1.807, 2.05) is 5.32 Å². The van der Waals surface area contributed by atoms with Crippen molar-refractivity contribution in [3.05, 3.63) is 35.7 Å². The molecule has 0 unspecified atom stereocenters. The van der Waals surface area contributed by atoms with Gasteiger partial charge in [0.2, 0.25) is 5.91 Å². The Morgan fingerprint density at radius 1 is 1.44 bits per heavy atom. The summed E-state index contributed by atoms with van der Waals surface area (Å²) < 4.78 is 37.8. The van der Waals surface area contributed by atoms with Gasteiger partial charge in [0.25, 0.3) is 0 Å². The van der Waals surface area contributed by atoms with Crippen molar-refractivity contribution in [3.63, 3.8) is 0 Å². The number of nitrogens with one attached hydrogen (secondary N) is 2. The molecule has 2 atom stereocenters. The van der Waals surface area contributed by atoms with Gasteiger partial charge in [-0.05, 0) is 18.6 Å². The zero-order valence-corrected chi connectivity index (χ0v) is 17.7. The number of carbonyl (C=O) groups is 1. The first-order valence-electron chi connectivity index (χ1n) is 9.88. The largest absolute Gasteiger partial charge is 0.405 e. The molecule has 0 saturated carbocycles. The maximum Gasteiger partial charge on any atom is 0.405 e. The van der Waals surface area contributed by atoms with Gasteiger partial charge in [0.1, 0.15) is 24.1 Å². The maximum atomic E-state index is 12.6. The van der Waals surface area contributed by atoms with Gasteiger partial charge in [0.15, 0.2) is 5.82 Å². The third-order valence-corrected chi connectivity index (χ3v) is 5.72. The SMILES string of the molecule is CC[C@@]1(O)C[C@H](C(=O)NCC(F)(F)F)N(c2ccnc(-c3c[nH]c4ncc(Cl)cc34)n2)C1. The molecule has 0 aliphatic carbocycles. The van der Waals surface area contributed by atoms with Crippen LogP contribution in [0, 0.1) is 0 Å². The molecule has 1 aliphatic heterocycles. The molecule has 1 fully saturated rings. The van der Waals surface area contributed by atoms with Crippen LogP contribution < -0.4 is 10.2 Å². The zero-order valence-electron chi connectivity index (χ0n) is 16.9. The van der Waals surface area contributed by atoms with Crippen LogP contribution in [0.5, 0.6) is 0 Å². The number of anilines is 1. The summed E-state index contributed by atoms with van der Waals surface area (Å²) in [5.41, 5.74) is -0.0203. The van der Waals surface area contributed by atoms with Gasteiger partial charge in [-0.25, -0.2) is 15.0 Å². The fraction of sp³-hybridized carbons (Fsp3) is 0.400. The molecule has 12 heteroatoms. The highest BCUT2D eigenvalue weighted by Crippen LogP contribution is 2.34. The molecular formula is C20H20ClF3N6O2. The van der Waals surface area contributed by atoms with Crippen LogP contribution in [0.25, 0.3) is 22.4 Å². The molecule has 4 heterocycles. The summed E-state index contributed by atoms with van der Waals surface area (Å²) in [7, 11) is 0. The molecule has 4 rings (SSSR count). The Morgan fingerprint density at radius 3 is 2.94 bits per heavy atom. The molecule has 1 saturated heterocycles. The number of H-pyrrole nitrogens is 1. The summed E-state index contributed by atoms with van der Waals surface area (Å²) in [5, 5.41) is 13.8. The molecule has 3 N–H and O–H groups in total. The Hall–Kier alpha value is -2.92. The van der Waals surface area contributed by atoms with E-state index in [9.17, 15) is 23.1 Å². The van der Waals surface area contributed by atoms with Crippen molar-refractivity contribution in [3.8, 4) is 11.4 Å². The van der Waals surface area contributed by atoms with E-state index in [1.165, 1.54) is 17.3 Å². The highest BCUT2D eigenvalue weighted by atomic mass is 35.5. The summed E-state index contributed by atoms with van der Waals surface area (Å²) in [6, 6.07) is 2.25. The number of amides is 1. The summed E-state index contributed by atoms with van der Waals surface area (Å²) in [5.74, 6) is -0.190. The van der Waals surface area contributed by atoms with Crippen molar-refractivity contribution in [1.29, 1.82) is 0 Å². The van der Waals surface area contributed by atoms with E-state index in [1.54, 1.807) is 25.3 Å². The number of halogens is 4. The van der Waals surface area contributed by atoms with E-state index in [4.69, 9.17) is 11.6 Å². The average Bonchev–Trinajstić information content (AvgIpc) is 3.33. The lowest BCUT2D eigenvalue weighted by atomic mass is 9.97. The number of hydrogen-bond acceptors (Lipinski definition) is 6. The van der Waals surface area contributed by atoms with Crippen molar-refractivity contribution in [2.45, 2.75) is 37.6 Å². The fourth-order valence-corrected chi connectivity index (χ4v) is 3.96. The van der Waals surface area contributed by atoms with E-state index < -0.39 is 30.3 Å². The first kappa shape index (κ1) is 22.3. The normalized spacial score (nSPS) is 21.3. The second kappa shape index (κ2) is 8.21. The topological polar surface area (TPSA) is 107 Å². The van der Waals surface area contributed by atoms with Gasteiger partial charge in [-0.3, -0.25) is 4.79 Å². The summed E-state index contributed by atoms with van der Waals surface area (Å²) >= 11 is 6.06. The Morgan fingerprint density at radius 2 is 2.22 bits per heavy atom. The second-order valence-corrected chi connectivity index (χ2v) is 8.19. The molecule has 3 aromatic heterocycles. The standard InChI is InChI=1S/C20H20ClF3N6O2/c1-2-19(32)6-14(18(31)28-9-20(22,23)24)30(10-19)15-3-4-25-17(29-15)13-8-27-16-12(13)5-11(21)7-26-16/h3-5,7-8,14,32H,2,6,9-10H2,1H3,(H,26,27)(H,28,31)/t14-,19-/m1/s1. The van der Waals surface area contributed by atoms with Crippen LogP contribution in [0.1, 0.15) is 19.8 Å². The number of carbonyl (C=O) groups excluding carboxylic acids is 1. The quantitative estimate of drug-likeness (QED) is 0.531.